The predicted molar refractivity (Wildman–Crippen MR) is 143 cm³/mol. The van der Waals surface area contributed by atoms with Gasteiger partial charge in [-0.05, 0) is 69.0 Å². The van der Waals surface area contributed by atoms with Crippen molar-refractivity contribution in [3.8, 4) is 28.4 Å². The second-order valence-electron chi connectivity index (χ2n) is 11.0. The first-order chi connectivity index (χ1) is 18.8. The number of ether oxygens (including phenoxy) is 1. The van der Waals surface area contributed by atoms with Crippen molar-refractivity contribution in [1.29, 1.82) is 0 Å². The number of hydrogen-bond acceptors (Lipinski definition) is 6. The highest BCUT2D eigenvalue weighted by molar-refractivity contribution is 5.97. The number of aliphatic hydroxyl groups excluding tert-OH is 1. The summed E-state index contributed by atoms with van der Waals surface area (Å²) < 4.78 is 47.1. The SMILES string of the molecule is COc1cc2c(cc1-c1nnn(C)n1)-c1c(C=C(C)C)cc(C(=O)N3CCC[C@@]3(C)[C@@H](O)CC(F)(F)F)n1CC2. The van der Waals surface area contributed by atoms with Gasteiger partial charge in [0, 0.05) is 24.2 Å². The van der Waals surface area contributed by atoms with Crippen LogP contribution in [0.5, 0.6) is 5.75 Å². The van der Waals surface area contributed by atoms with Gasteiger partial charge in [-0.2, -0.15) is 18.0 Å². The second kappa shape index (κ2) is 10.1. The summed E-state index contributed by atoms with van der Waals surface area (Å²) in [5.41, 5.74) is 4.32. The largest absolute Gasteiger partial charge is 0.496 e. The highest BCUT2D eigenvalue weighted by atomic mass is 19.4. The monoisotopic (exact) mass is 558 g/mol. The molecule has 12 heteroatoms. The zero-order valence-electron chi connectivity index (χ0n) is 23.2. The van der Waals surface area contributed by atoms with Crippen molar-refractivity contribution < 1.29 is 27.8 Å². The number of allylic oxidation sites excluding steroid dienone is 1. The van der Waals surface area contributed by atoms with Gasteiger partial charge in [-0.3, -0.25) is 4.79 Å². The van der Waals surface area contributed by atoms with Gasteiger partial charge in [0.15, 0.2) is 0 Å². The standard InChI is InChI=1S/C28H33F3N6O3/c1-16(2)11-18-12-21(26(39)37-9-6-8-27(37,3)23(38)15-28(29,30)31)36-10-7-17-13-22(40-5)20(14-19(17)24(18)36)25-32-34-35(4)33-25/h11-14,23,38H,6-10,15H2,1-5H3/t23-,27-/m0/s1. The third kappa shape index (κ3) is 4.89. The summed E-state index contributed by atoms with van der Waals surface area (Å²) in [6.45, 7) is 6.25. The number of aryl methyl sites for hydroxylation is 2. The Balaban J connectivity index is 1.63. The molecular weight excluding hydrogens is 525 g/mol. The molecule has 5 rings (SSSR count). The van der Waals surface area contributed by atoms with Gasteiger partial charge in [0.05, 0.1) is 43.5 Å². The minimum atomic E-state index is -4.54. The van der Waals surface area contributed by atoms with Crippen molar-refractivity contribution in [1.82, 2.24) is 29.7 Å². The average Bonchev–Trinajstić information content (AvgIpc) is 3.59. The summed E-state index contributed by atoms with van der Waals surface area (Å²) in [7, 11) is 3.26. The van der Waals surface area contributed by atoms with Gasteiger partial charge >= 0.3 is 6.18 Å². The van der Waals surface area contributed by atoms with Crippen molar-refractivity contribution in [2.24, 2.45) is 7.05 Å². The number of likely N-dealkylation sites (tertiary alicyclic amines) is 1. The van der Waals surface area contributed by atoms with E-state index in [0.717, 1.165) is 28.0 Å². The first kappa shape index (κ1) is 27.9. The van der Waals surface area contributed by atoms with Crippen LogP contribution in [0, 0.1) is 0 Å². The minimum Gasteiger partial charge on any atom is -0.496 e. The molecule has 2 aliphatic rings. The number of tetrazole rings is 1. The number of fused-ring (bicyclic) bond motifs is 3. The lowest BCUT2D eigenvalue weighted by molar-refractivity contribution is -0.166. The Labute approximate surface area is 230 Å². The van der Waals surface area contributed by atoms with Crippen LogP contribution in [0.2, 0.25) is 0 Å². The van der Waals surface area contributed by atoms with Crippen LogP contribution in [0.4, 0.5) is 13.2 Å². The Morgan fingerprint density at radius 3 is 2.60 bits per heavy atom. The first-order valence-electron chi connectivity index (χ1n) is 13.2. The van der Waals surface area contributed by atoms with Crippen molar-refractivity contribution in [3.05, 3.63) is 40.6 Å². The number of hydrogen-bond donors (Lipinski definition) is 1. The normalized spacial score (nSPS) is 19.3. The topological polar surface area (TPSA) is 98.3 Å². The maximum absolute atomic E-state index is 14.0. The van der Waals surface area contributed by atoms with Gasteiger partial charge in [-0.25, -0.2) is 0 Å². The summed E-state index contributed by atoms with van der Waals surface area (Å²) in [4.78, 5) is 16.8. The van der Waals surface area contributed by atoms with Crippen molar-refractivity contribution in [2.45, 2.75) is 70.8 Å². The molecule has 0 saturated carbocycles. The summed E-state index contributed by atoms with van der Waals surface area (Å²) >= 11 is 0. The molecule has 0 unspecified atom stereocenters. The number of methoxy groups -OCH3 is 1. The minimum absolute atomic E-state index is 0.277. The van der Waals surface area contributed by atoms with Crippen LogP contribution in [0.25, 0.3) is 28.7 Å². The third-order valence-corrected chi connectivity index (χ3v) is 7.89. The second-order valence-corrected chi connectivity index (χ2v) is 11.0. The molecule has 2 aromatic heterocycles. The highest BCUT2D eigenvalue weighted by Gasteiger charge is 2.49. The van der Waals surface area contributed by atoms with Gasteiger partial charge in [0.2, 0.25) is 5.82 Å². The van der Waals surface area contributed by atoms with Crippen molar-refractivity contribution in [3.63, 3.8) is 0 Å². The smallest absolute Gasteiger partial charge is 0.391 e. The highest BCUT2D eigenvalue weighted by Crippen LogP contribution is 2.43. The van der Waals surface area contributed by atoms with Gasteiger partial charge < -0.3 is 19.3 Å². The summed E-state index contributed by atoms with van der Waals surface area (Å²) in [5, 5.41) is 23.1. The Morgan fingerprint density at radius 2 is 1.98 bits per heavy atom. The average molecular weight is 559 g/mol. The molecule has 214 valence electrons. The van der Waals surface area contributed by atoms with Crippen LogP contribution >= 0.6 is 0 Å². The molecular formula is C28H33F3N6O3. The van der Waals surface area contributed by atoms with Crippen molar-refractivity contribution >= 4 is 12.0 Å². The summed E-state index contributed by atoms with van der Waals surface area (Å²) in [5.74, 6) is 0.624. The van der Waals surface area contributed by atoms with Crippen LogP contribution in [-0.4, -0.2) is 72.2 Å². The van der Waals surface area contributed by atoms with E-state index in [-0.39, 0.29) is 12.5 Å². The van der Waals surface area contributed by atoms with Crippen molar-refractivity contribution in [2.75, 3.05) is 13.7 Å². The van der Waals surface area contributed by atoms with E-state index in [1.807, 2.05) is 36.6 Å². The van der Waals surface area contributed by atoms with Crippen LogP contribution in [0.15, 0.2) is 23.8 Å². The summed E-state index contributed by atoms with van der Waals surface area (Å²) in [6.07, 6.45) is -4.21. The fourth-order valence-corrected chi connectivity index (χ4v) is 5.96. The Bertz CT molecular complexity index is 1490. The van der Waals surface area contributed by atoms with E-state index in [1.165, 1.54) is 9.70 Å². The zero-order chi connectivity index (χ0) is 29.0. The molecule has 0 radical (unpaired) electrons. The molecule has 40 heavy (non-hydrogen) atoms. The van der Waals surface area contributed by atoms with Gasteiger partial charge in [0.1, 0.15) is 11.4 Å². The van der Waals surface area contributed by atoms with Crippen LogP contribution in [0.3, 0.4) is 0 Å². The lowest BCUT2D eigenvalue weighted by Crippen LogP contribution is -2.54. The van der Waals surface area contributed by atoms with E-state index in [4.69, 9.17) is 4.74 Å². The Kier molecular flexibility index (Phi) is 7.01. The summed E-state index contributed by atoms with van der Waals surface area (Å²) in [6, 6.07) is 5.70. The van der Waals surface area contributed by atoms with Gasteiger partial charge in [0.25, 0.3) is 5.91 Å². The Morgan fingerprint density at radius 1 is 1.23 bits per heavy atom. The molecule has 2 aliphatic heterocycles. The third-order valence-electron chi connectivity index (χ3n) is 7.89. The van der Waals surface area contributed by atoms with E-state index < -0.39 is 24.2 Å². The van der Waals surface area contributed by atoms with E-state index in [9.17, 15) is 23.1 Å². The predicted octanol–water partition coefficient (Wildman–Crippen LogP) is 4.64. The number of aromatic nitrogens is 5. The lowest BCUT2D eigenvalue weighted by Gasteiger charge is -2.39. The maximum Gasteiger partial charge on any atom is 0.391 e. The molecule has 1 fully saturated rings. The maximum atomic E-state index is 14.0. The number of benzene rings is 1. The van der Waals surface area contributed by atoms with Crippen LogP contribution < -0.4 is 4.74 Å². The molecule has 0 spiro atoms. The number of aliphatic hydroxyl groups is 1. The molecule has 3 aromatic rings. The van der Waals surface area contributed by atoms with E-state index >= 15 is 0 Å². The molecule has 1 aromatic carbocycles. The number of carbonyl (C=O) groups is 1. The Hall–Kier alpha value is -3.67. The molecule has 4 heterocycles. The molecule has 2 atom stereocenters. The van der Waals surface area contributed by atoms with E-state index in [1.54, 1.807) is 27.1 Å². The molecule has 9 nitrogen and oxygen atoms in total. The number of rotatable bonds is 6. The number of nitrogens with zero attached hydrogens (tertiary/aromatic N) is 6. The molecule has 1 N–H and O–H groups in total. The van der Waals surface area contributed by atoms with Crippen LogP contribution in [-0.2, 0) is 20.0 Å². The van der Waals surface area contributed by atoms with E-state index in [2.05, 4.69) is 15.4 Å². The molecule has 0 bridgehead atoms. The fraction of sp³-hybridized carbons (Fsp3) is 0.500. The molecule has 1 saturated heterocycles. The number of halogens is 3. The fourth-order valence-electron chi connectivity index (χ4n) is 5.96. The van der Waals surface area contributed by atoms with Crippen LogP contribution in [0.1, 0.15) is 61.6 Å². The number of alkyl halides is 3. The van der Waals surface area contributed by atoms with E-state index in [0.29, 0.717) is 48.6 Å². The number of amides is 1. The van der Waals surface area contributed by atoms with Gasteiger partial charge in [-0.15, -0.1) is 10.2 Å². The first-order valence-corrected chi connectivity index (χ1v) is 13.2. The van der Waals surface area contributed by atoms with Gasteiger partial charge in [-0.1, -0.05) is 11.6 Å². The number of carbonyl (C=O) groups excluding carboxylic acids is 1. The molecule has 0 aliphatic carbocycles. The quantitative estimate of drug-likeness (QED) is 0.473. The lowest BCUT2D eigenvalue weighted by atomic mass is 9.89. The zero-order valence-corrected chi connectivity index (χ0v) is 23.2. The molecule has 1 amide bonds.